The summed E-state index contributed by atoms with van der Waals surface area (Å²) in [7, 11) is 0. The number of hydrogen-bond donors (Lipinski definition) is 0. The van der Waals surface area contributed by atoms with Crippen LogP contribution in [0.5, 0.6) is 0 Å². The number of benzene rings is 8. The third-order valence-corrected chi connectivity index (χ3v) is 10.2. The standard InChI is InChI=1S/C48H28N4O2/c1-3-13-30(14-4-1)45-50-46(31-25-23-29(24-26-31)38-27-33-17-7-8-18-34(33)35-19-9-10-20-36(35)38)52-47(51-45)43-42-37-21-11-12-22-39(37)53-40(42)28-41-44(43)49-48(54-41)32-15-5-2-6-16-32/h1-28H. The van der Waals surface area contributed by atoms with Crippen molar-refractivity contribution in [2.45, 2.75) is 0 Å². The minimum atomic E-state index is 0.485. The lowest BCUT2D eigenvalue weighted by Crippen LogP contribution is -2.01. The second kappa shape index (κ2) is 12.1. The Morgan fingerprint density at radius 2 is 0.926 bits per heavy atom. The molecule has 54 heavy (non-hydrogen) atoms. The highest BCUT2D eigenvalue weighted by Crippen LogP contribution is 2.43. The summed E-state index contributed by atoms with van der Waals surface area (Å²) in [6, 6.07) is 57.8. The van der Waals surface area contributed by atoms with Gasteiger partial charge in [0.1, 0.15) is 16.7 Å². The first-order chi connectivity index (χ1) is 26.7. The second-order valence-electron chi connectivity index (χ2n) is 13.4. The maximum Gasteiger partial charge on any atom is 0.227 e. The molecular formula is C48H28N4O2. The van der Waals surface area contributed by atoms with Crippen LogP contribution in [0.4, 0.5) is 0 Å². The van der Waals surface area contributed by atoms with Crippen LogP contribution >= 0.6 is 0 Å². The van der Waals surface area contributed by atoms with Crippen LogP contribution < -0.4 is 0 Å². The van der Waals surface area contributed by atoms with Gasteiger partial charge < -0.3 is 8.83 Å². The highest BCUT2D eigenvalue weighted by Gasteiger charge is 2.24. The van der Waals surface area contributed by atoms with Crippen LogP contribution in [0.15, 0.2) is 179 Å². The summed E-state index contributed by atoms with van der Waals surface area (Å²) in [5.74, 6) is 2.11. The van der Waals surface area contributed by atoms with Crippen molar-refractivity contribution in [1.29, 1.82) is 0 Å². The minimum absolute atomic E-state index is 0.485. The molecule has 3 aromatic heterocycles. The molecule has 0 aliphatic carbocycles. The van der Waals surface area contributed by atoms with Crippen molar-refractivity contribution >= 4 is 54.6 Å². The van der Waals surface area contributed by atoms with Crippen LogP contribution in [0.2, 0.25) is 0 Å². The molecule has 6 heteroatoms. The van der Waals surface area contributed by atoms with Crippen molar-refractivity contribution in [3.63, 3.8) is 0 Å². The normalized spacial score (nSPS) is 11.7. The van der Waals surface area contributed by atoms with Gasteiger partial charge in [-0.15, -0.1) is 0 Å². The van der Waals surface area contributed by atoms with Crippen LogP contribution in [-0.2, 0) is 0 Å². The number of nitrogens with zero attached hydrogens (tertiary/aromatic N) is 4. The maximum atomic E-state index is 6.42. The van der Waals surface area contributed by atoms with Crippen molar-refractivity contribution in [3.05, 3.63) is 170 Å². The van der Waals surface area contributed by atoms with Gasteiger partial charge in [0.05, 0.1) is 5.56 Å². The molecule has 3 heterocycles. The van der Waals surface area contributed by atoms with Crippen LogP contribution in [0.3, 0.4) is 0 Å². The molecule has 0 N–H and O–H groups in total. The van der Waals surface area contributed by atoms with E-state index in [0.717, 1.165) is 44.2 Å². The van der Waals surface area contributed by atoms with Crippen molar-refractivity contribution < 1.29 is 8.83 Å². The number of aromatic nitrogens is 4. The van der Waals surface area contributed by atoms with Crippen LogP contribution in [0, 0.1) is 0 Å². The largest absolute Gasteiger partial charge is 0.456 e. The molecule has 0 saturated heterocycles. The monoisotopic (exact) mass is 692 g/mol. The Labute approximate surface area is 309 Å². The Hall–Kier alpha value is -7.44. The maximum absolute atomic E-state index is 6.42. The number of rotatable bonds is 5. The molecule has 0 amide bonds. The summed E-state index contributed by atoms with van der Waals surface area (Å²) in [5, 5.41) is 6.73. The van der Waals surface area contributed by atoms with E-state index in [-0.39, 0.29) is 0 Å². The summed E-state index contributed by atoms with van der Waals surface area (Å²) in [6.45, 7) is 0. The SMILES string of the molecule is c1ccc(-c2nc(-c3ccc(-c4cc5ccccc5c5ccccc45)cc3)nc(-c3c4nc(-c5ccccc5)oc4cc4oc5ccccc5c34)n2)cc1. The number of para-hydroxylation sites is 1. The molecule has 0 unspecified atom stereocenters. The first-order valence-corrected chi connectivity index (χ1v) is 17.9. The fourth-order valence-corrected chi connectivity index (χ4v) is 7.62. The van der Waals surface area contributed by atoms with Crippen molar-refractivity contribution in [2.75, 3.05) is 0 Å². The van der Waals surface area contributed by atoms with Gasteiger partial charge in [-0.1, -0.05) is 140 Å². The van der Waals surface area contributed by atoms with E-state index in [4.69, 9.17) is 28.8 Å². The zero-order valence-electron chi connectivity index (χ0n) is 28.8. The van der Waals surface area contributed by atoms with E-state index in [1.165, 1.54) is 27.1 Å². The van der Waals surface area contributed by atoms with Gasteiger partial charge in [0.15, 0.2) is 23.1 Å². The fraction of sp³-hybridized carbons (Fsp3) is 0. The summed E-state index contributed by atoms with van der Waals surface area (Å²) in [4.78, 5) is 20.5. The lowest BCUT2D eigenvalue weighted by Gasteiger charge is -2.12. The molecule has 0 fully saturated rings. The van der Waals surface area contributed by atoms with Crippen molar-refractivity contribution in [2.24, 2.45) is 0 Å². The lowest BCUT2D eigenvalue weighted by molar-refractivity contribution is 0.617. The molecule has 11 aromatic rings. The number of fused-ring (bicyclic) bond motifs is 7. The van der Waals surface area contributed by atoms with Gasteiger partial charge in [-0.05, 0) is 56.9 Å². The highest BCUT2D eigenvalue weighted by molar-refractivity contribution is 6.19. The Kier molecular flexibility index (Phi) is 6.75. The van der Waals surface area contributed by atoms with E-state index in [2.05, 4.69) is 84.9 Å². The van der Waals surface area contributed by atoms with Crippen LogP contribution in [0.25, 0.3) is 111 Å². The highest BCUT2D eigenvalue weighted by atomic mass is 16.4. The zero-order valence-corrected chi connectivity index (χ0v) is 28.8. The molecule has 0 spiro atoms. The van der Waals surface area contributed by atoms with Gasteiger partial charge in [-0.2, -0.15) is 0 Å². The Morgan fingerprint density at radius 1 is 0.352 bits per heavy atom. The first kappa shape index (κ1) is 30.2. The molecule has 252 valence electrons. The van der Waals surface area contributed by atoms with Gasteiger partial charge in [0.25, 0.3) is 0 Å². The molecule has 0 bridgehead atoms. The molecule has 0 saturated carbocycles. The Bertz CT molecular complexity index is 3200. The lowest BCUT2D eigenvalue weighted by atomic mass is 9.93. The summed E-state index contributed by atoms with van der Waals surface area (Å²) < 4.78 is 12.8. The van der Waals surface area contributed by atoms with Crippen molar-refractivity contribution in [1.82, 2.24) is 19.9 Å². The Balaban J connectivity index is 1.14. The summed E-state index contributed by atoms with van der Waals surface area (Å²) >= 11 is 0. The smallest absolute Gasteiger partial charge is 0.227 e. The molecular weight excluding hydrogens is 665 g/mol. The van der Waals surface area contributed by atoms with Gasteiger partial charge in [0.2, 0.25) is 5.89 Å². The van der Waals surface area contributed by atoms with E-state index >= 15 is 0 Å². The van der Waals surface area contributed by atoms with Gasteiger partial charge in [-0.25, -0.2) is 19.9 Å². The van der Waals surface area contributed by atoms with E-state index in [1.54, 1.807) is 0 Å². The average molecular weight is 693 g/mol. The quantitative estimate of drug-likeness (QED) is 0.167. The molecule has 0 atom stereocenters. The van der Waals surface area contributed by atoms with E-state index < -0.39 is 0 Å². The summed E-state index contributed by atoms with van der Waals surface area (Å²) in [6.07, 6.45) is 0. The average Bonchev–Trinajstić information content (AvgIpc) is 3.84. The molecule has 11 rings (SSSR count). The topological polar surface area (TPSA) is 77.8 Å². The number of hydrogen-bond acceptors (Lipinski definition) is 6. The summed E-state index contributed by atoms with van der Waals surface area (Å²) in [5.41, 5.74) is 8.34. The molecule has 8 aromatic carbocycles. The minimum Gasteiger partial charge on any atom is -0.456 e. The van der Waals surface area contributed by atoms with Crippen LogP contribution in [0.1, 0.15) is 0 Å². The van der Waals surface area contributed by atoms with Gasteiger partial charge in [-0.3, -0.25) is 0 Å². The Morgan fingerprint density at radius 3 is 1.69 bits per heavy atom. The van der Waals surface area contributed by atoms with E-state index in [0.29, 0.717) is 40.0 Å². The molecule has 0 aliphatic rings. The molecule has 0 radical (unpaired) electrons. The fourth-order valence-electron chi connectivity index (χ4n) is 7.62. The predicted molar refractivity (Wildman–Crippen MR) is 217 cm³/mol. The van der Waals surface area contributed by atoms with Gasteiger partial charge >= 0.3 is 0 Å². The van der Waals surface area contributed by atoms with E-state index in [9.17, 15) is 0 Å². The predicted octanol–water partition coefficient (Wildman–Crippen LogP) is 12.6. The van der Waals surface area contributed by atoms with Crippen molar-refractivity contribution in [3.8, 4) is 56.7 Å². The van der Waals surface area contributed by atoms with Gasteiger partial charge in [0, 0.05) is 33.5 Å². The number of oxazole rings is 1. The molecule has 0 aliphatic heterocycles. The molecule has 6 nitrogen and oxygen atoms in total. The second-order valence-corrected chi connectivity index (χ2v) is 13.4. The third-order valence-electron chi connectivity index (χ3n) is 10.2. The van der Waals surface area contributed by atoms with Crippen LogP contribution in [-0.4, -0.2) is 19.9 Å². The van der Waals surface area contributed by atoms with E-state index in [1.807, 2.05) is 84.9 Å². The number of furan rings is 1. The first-order valence-electron chi connectivity index (χ1n) is 17.9. The third kappa shape index (κ3) is 4.89. The zero-order chi connectivity index (χ0) is 35.6.